The summed E-state index contributed by atoms with van der Waals surface area (Å²) >= 11 is 0. The van der Waals surface area contributed by atoms with Crippen LogP contribution in [-0.4, -0.2) is 33.4 Å². The lowest BCUT2D eigenvalue weighted by Crippen LogP contribution is -2.54. The molecule has 3 atom stereocenters. The van der Waals surface area contributed by atoms with Gasteiger partial charge in [0.15, 0.2) is 11.6 Å². The van der Waals surface area contributed by atoms with Gasteiger partial charge in [-0.3, -0.25) is 9.59 Å². The quantitative estimate of drug-likeness (QED) is 0.513. The summed E-state index contributed by atoms with van der Waals surface area (Å²) in [5.41, 5.74) is 4.20. The van der Waals surface area contributed by atoms with Crippen molar-refractivity contribution in [1.29, 1.82) is 0 Å². The summed E-state index contributed by atoms with van der Waals surface area (Å²) in [6.45, 7) is 11.9. The molecule has 1 rings (SSSR count). The van der Waals surface area contributed by atoms with E-state index < -0.39 is 34.9 Å². The molecule has 1 aliphatic carbocycles. The van der Waals surface area contributed by atoms with E-state index in [1.54, 1.807) is 0 Å². The first-order chi connectivity index (χ1) is 11.9. The number of nitrogens with two attached hydrogens (primary N) is 1. The molecule has 0 saturated heterocycles. The molecule has 1 aliphatic rings. The minimum atomic E-state index is -1.84. The van der Waals surface area contributed by atoms with E-state index in [0.29, 0.717) is 31.1 Å². The van der Waals surface area contributed by atoms with Crippen molar-refractivity contribution in [3.63, 3.8) is 0 Å². The number of carbonyl (C=O) groups is 2. The summed E-state index contributed by atoms with van der Waals surface area (Å²) < 4.78 is 0. The summed E-state index contributed by atoms with van der Waals surface area (Å²) in [4.78, 5) is 25.5. The summed E-state index contributed by atoms with van der Waals surface area (Å²) in [6.07, 6.45) is 2.55. The van der Waals surface area contributed by atoms with Gasteiger partial charge in [-0.25, -0.2) is 0 Å². The highest BCUT2D eigenvalue weighted by Gasteiger charge is 2.57. The molecule has 0 aromatic carbocycles. The number of hydrogen-bond donors (Lipinski definition) is 3. The van der Waals surface area contributed by atoms with Gasteiger partial charge >= 0.3 is 0 Å². The largest absolute Gasteiger partial charge is 0.508 e. The van der Waals surface area contributed by atoms with Gasteiger partial charge in [-0.2, -0.15) is 0 Å². The fraction of sp³-hybridized carbons (Fsp3) is 0.810. The predicted molar refractivity (Wildman–Crippen MR) is 104 cm³/mol. The zero-order chi connectivity index (χ0) is 20.2. The molecular formula is C21H37NO4. The zero-order valence-corrected chi connectivity index (χ0v) is 17.2. The number of hydrogen-bond acceptors (Lipinski definition) is 5. The van der Waals surface area contributed by atoms with Crippen LogP contribution in [0.15, 0.2) is 11.3 Å². The predicted octanol–water partition coefficient (Wildman–Crippen LogP) is 3.54. The highest BCUT2D eigenvalue weighted by atomic mass is 16.3. The Morgan fingerprint density at radius 3 is 2.04 bits per heavy atom. The maximum atomic E-state index is 13.0. The lowest BCUT2D eigenvalue weighted by molar-refractivity contribution is -0.127. The molecule has 0 aromatic heterocycles. The number of aliphatic hydroxyl groups is 2. The molecule has 1 unspecified atom stereocenters. The highest BCUT2D eigenvalue weighted by Crippen LogP contribution is 2.43. The van der Waals surface area contributed by atoms with Crippen molar-refractivity contribution in [1.82, 2.24) is 0 Å². The van der Waals surface area contributed by atoms with Crippen LogP contribution in [0.5, 0.6) is 0 Å². The highest BCUT2D eigenvalue weighted by molar-refractivity contribution is 6.23. The molecule has 0 heterocycles. The van der Waals surface area contributed by atoms with Crippen LogP contribution in [0.1, 0.15) is 73.6 Å². The monoisotopic (exact) mass is 367 g/mol. The van der Waals surface area contributed by atoms with E-state index in [-0.39, 0.29) is 17.9 Å². The van der Waals surface area contributed by atoms with Gasteiger partial charge in [0.1, 0.15) is 16.9 Å². The van der Waals surface area contributed by atoms with E-state index in [9.17, 15) is 19.8 Å². The van der Waals surface area contributed by atoms with Gasteiger partial charge in [0, 0.05) is 12.5 Å². The van der Waals surface area contributed by atoms with Gasteiger partial charge in [-0.1, -0.05) is 48.0 Å². The van der Waals surface area contributed by atoms with Crippen molar-refractivity contribution >= 4 is 11.6 Å². The summed E-state index contributed by atoms with van der Waals surface area (Å²) in [6, 6.07) is -0.782. The van der Waals surface area contributed by atoms with Crippen LogP contribution in [0.3, 0.4) is 0 Å². The third kappa shape index (κ3) is 4.95. The smallest absolute Gasteiger partial charge is 0.176 e. The average molecular weight is 368 g/mol. The number of allylic oxidation sites excluding steroid dienone is 1. The zero-order valence-electron chi connectivity index (χ0n) is 17.2. The van der Waals surface area contributed by atoms with E-state index in [2.05, 4.69) is 13.8 Å². The molecule has 0 bridgehead atoms. The lowest BCUT2D eigenvalue weighted by atomic mass is 9.77. The third-order valence-corrected chi connectivity index (χ3v) is 5.24. The molecule has 4 N–H and O–H groups in total. The molecule has 5 heteroatoms. The van der Waals surface area contributed by atoms with Crippen molar-refractivity contribution < 1.29 is 19.8 Å². The van der Waals surface area contributed by atoms with E-state index >= 15 is 0 Å². The summed E-state index contributed by atoms with van der Waals surface area (Å²) in [5.74, 6) is -1.40. The Morgan fingerprint density at radius 1 is 1.04 bits per heavy atom. The standard InChI is InChI=1S/C21H37NO4/c1-12(2)7-9-15-19(24)18(16(23)11-14(5)6)20(25)21(15,26)17(22)10-8-13(3)4/h12-15,17,25-26H,7-11,22H2,1-6H3/t15-,17?,21-/m1/s1. The Bertz CT molecular complexity index is 550. The Balaban J connectivity index is 3.24. The lowest BCUT2D eigenvalue weighted by Gasteiger charge is -2.35. The Morgan fingerprint density at radius 2 is 1.58 bits per heavy atom. The minimum Gasteiger partial charge on any atom is -0.508 e. The van der Waals surface area contributed by atoms with Crippen molar-refractivity contribution in [3.8, 4) is 0 Å². The Kier molecular flexibility index (Phi) is 8.03. The number of Topliss-reactive ketones (excluding diaryl/α,β-unsaturated/α-hetero) is 2. The van der Waals surface area contributed by atoms with Crippen molar-refractivity contribution in [3.05, 3.63) is 11.3 Å². The van der Waals surface area contributed by atoms with Gasteiger partial charge in [-0.15, -0.1) is 0 Å². The number of rotatable bonds is 10. The van der Waals surface area contributed by atoms with Gasteiger partial charge in [0.25, 0.3) is 0 Å². The van der Waals surface area contributed by atoms with Crippen LogP contribution in [-0.2, 0) is 9.59 Å². The maximum absolute atomic E-state index is 13.0. The second-order valence-corrected chi connectivity index (χ2v) is 9.04. The fourth-order valence-corrected chi connectivity index (χ4v) is 3.62. The van der Waals surface area contributed by atoms with Gasteiger partial charge in [0.2, 0.25) is 0 Å². The molecule has 5 nitrogen and oxygen atoms in total. The first-order valence-electron chi connectivity index (χ1n) is 9.91. The second kappa shape index (κ2) is 9.14. The van der Waals surface area contributed by atoms with Gasteiger partial charge in [0.05, 0.1) is 5.92 Å². The first-order valence-corrected chi connectivity index (χ1v) is 9.91. The van der Waals surface area contributed by atoms with Gasteiger partial charge in [-0.05, 0) is 37.0 Å². The average Bonchev–Trinajstić information content (AvgIpc) is 2.69. The normalized spacial score (nSPS) is 25.0. The van der Waals surface area contributed by atoms with Crippen molar-refractivity contribution in [2.75, 3.05) is 0 Å². The molecule has 0 fully saturated rings. The molecule has 0 amide bonds. The molecular weight excluding hydrogens is 330 g/mol. The van der Waals surface area contributed by atoms with E-state index in [4.69, 9.17) is 5.73 Å². The van der Waals surface area contributed by atoms with Crippen LogP contribution < -0.4 is 5.73 Å². The summed E-state index contributed by atoms with van der Waals surface area (Å²) in [5, 5.41) is 22.1. The van der Waals surface area contributed by atoms with E-state index in [1.165, 1.54) is 0 Å². The SMILES string of the molecule is CC(C)CCC(N)[C@@]1(O)C(O)=C(C(=O)CC(C)C)C(=O)[C@H]1CCC(C)C. The molecule has 0 aromatic rings. The van der Waals surface area contributed by atoms with Crippen molar-refractivity contribution in [2.24, 2.45) is 29.4 Å². The number of aliphatic hydroxyl groups excluding tert-OH is 1. The molecule has 0 spiro atoms. The molecule has 0 aliphatic heterocycles. The van der Waals surface area contributed by atoms with Crippen LogP contribution in [0, 0.1) is 23.7 Å². The Hall–Kier alpha value is -1.20. The van der Waals surface area contributed by atoms with Crippen LogP contribution in [0.2, 0.25) is 0 Å². The molecule has 0 saturated carbocycles. The topological polar surface area (TPSA) is 101 Å². The fourth-order valence-electron chi connectivity index (χ4n) is 3.62. The molecule has 0 radical (unpaired) electrons. The second-order valence-electron chi connectivity index (χ2n) is 9.04. The maximum Gasteiger partial charge on any atom is 0.176 e. The Labute approximate surface area is 158 Å². The van der Waals surface area contributed by atoms with E-state index in [0.717, 1.165) is 6.42 Å². The number of ketones is 2. The minimum absolute atomic E-state index is 0.0630. The van der Waals surface area contributed by atoms with Crippen LogP contribution >= 0.6 is 0 Å². The van der Waals surface area contributed by atoms with Crippen LogP contribution in [0.25, 0.3) is 0 Å². The third-order valence-electron chi connectivity index (χ3n) is 5.24. The van der Waals surface area contributed by atoms with E-state index in [1.807, 2.05) is 27.7 Å². The number of carbonyl (C=O) groups excluding carboxylic acids is 2. The molecule has 26 heavy (non-hydrogen) atoms. The first kappa shape index (κ1) is 22.8. The van der Waals surface area contributed by atoms with Gasteiger partial charge < -0.3 is 15.9 Å². The molecule has 150 valence electrons. The van der Waals surface area contributed by atoms with Crippen LogP contribution in [0.4, 0.5) is 0 Å². The summed E-state index contributed by atoms with van der Waals surface area (Å²) in [7, 11) is 0. The van der Waals surface area contributed by atoms with Crippen molar-refractivity contribution in [2.45, 2.75) is 85.3 Å².